The Balaban J connectivity index is 0.984. The Kier molecular flexibility index (Phi) is 12.8. The number of hydrogen-bond acceptors (Lipinski definition) is 10. The van der Waals surface area contributed by atoms with Crippen molar-refractivity contribution >= 4 is 40.9 Å². The first-order valence-electron chi connectivity index (χ1n) is 20.3. The molecule has 1 aromatic carbocycles. The number of aryl methyl sites for hydroxylation is 1. The Hall–Kier alpha value is -5.70. The van der Waals surface area contributed by atoms with E-state index >= 15 is 0 Å². The Morgan fingerprint density at radius 3 is 2.17 bits per heavy atom. The summed E-state index contributed by atoms with van der Waals surface area (Å²) in [5.74, 6) is -1.16. The van der Waals surface area contributed by atoms with Crippen LogP contribution in [0.3, 0.4) is 0 Å². The van der Waals surface area contributed by atoms with Gasteiger partial charge >= 0.3 is 0 Å². The van der Waals surface area contributed by atoms with Crippen LogP contribution in [0.4, 0.5) is 0 Å². The Morgan fingerprint density at radius 2 is 1.58 bits per heavy atom. The second-order valence-corrected chi connectivity index (χ2v) is 19.1. The average Bonchev–Trinajstić information content (AvgIpc) is 3.87. The van der Waals surface area contributed by atoms with E-state index in [0.29, 0.717) is 42.0 Å². The number of nitrogens with one attached hydrogen (secondary N) is 4. The van der Waals surface area contributed by atoms with Crippen molar-refractivity contribution in [1.82, 2.24) is 41.1 Å². The van der Waals surface area contributed by atoms with Crippen LogP contribution in [0.15, 0.2) is 66.4 Å². The zero-order valence-corrected chi connectivity index (χ0v) is 36.7. The average molecular weight is 837 g/mol. The lowest BCUT2D eigenvalue weighted by atomic mass is 9.52. The summed E-state index contributed by atoms with van der Waals surface area (Å²) in [6.45, 7) is 17.9. The first-order valence-corrected chi connectivity index (χ1v) is 21.2. The minimum absolute atomic E-state index is 0.0246. The summed E-state index contributed by atoms with van der Waals surface area (Å²) in [4.78, 5) is 82.5. The molecule has 1 saturated heterocycles. The molecule has 15 heteroatoms. The number of carbonyl (C=O) groups excluding carboxylic acids is 5. The Labute approximate surface area is 355 Å². The monoisotopic (exact) mass is 836 g/mol. The molecule has 2 aliphatic rings. The second-order valence-electron chi connectivity index (χ2n) is 18.3. The highest BCUT2D eigenvalue weighted by Crippen LogP contribution is 2.53. The highest BCUT2D eigenvalue weighted by molar-refractivity contribution is 7.13. The summed E-state index contributed by atoms with van der Waals surface area (Å²) in [5.41, 5.74) is 4.45. The minimum Gasteiger partial charge on any atom is -0.439 e. The fraction of sp³-hybridized carbons (Fsp3) is 0.467. The molecule has 2 fully saturated rings. The zero-order valence-electron chi connectivity index (χ0n) is 35.8. The molecular weight excluding hydrogens is 781 g/mol. The molecule has 1 unspecified atom stereocenters. The summed E-state index contributed by atoms with van der Waals surface area (Å²) in [7, 11) is 0. The largest absolute Gasteiger partial charge is 0.439 e. The van der Waals surface area contributed by atoms with Crippen molar-refractivity contribution in [3.8, 4) is 22.1 Å². The third kappa shape index (κ3) is 10.0. The molecule has 14 nitrogen and oxygen atoms in total. The first kappa shape index (κ1) is 43.9. The molecule has 3 aromatic heterocycles. The van der Waals surface area contributed by atoms with E-state index < -0.39 is 35.4 Å². The van der Waals surface area contributed by atoms with E-state index in [-0.39, 0.29) is 47.0 Å². The number of aromatic nitrogens is 3. The maximum Gasteiger partial charge on any atom is 0.253 e. The van der Waals surface area contributed by atoms with Crippen molar-refractivity contribution in [1.29, 1.82) is 0 Å². The van der Waals surface area contributed by atoms with Crippen LogP contribution >= 0.6 is 11.3 Å². The van der Waals surface area contributed by atoms with E-state index in [0.717, 1.165) is 22.6 Å². The number of nitrogens with zero attached hydrogens (tertiary/aromatic N) is 4. The van der Waals surface area contributed by atoms with E-state index in [2.05, 4.69) is 63.9 Å². The van der Waals surface area contributed by atoms with E-state index in [1.165, 1.54) is 6.20 Å². The topological polar surface area (TPSA) is 185 Å². The quantitative estimate of drug-likeness (QED) is 0.119. The van der Waals surface area contributed by atoms with Crippen LogP contribution < -0.4 is 26.0 Å². The molecule has 4 aromatic rings. The van der Waals surface area contributed by atoms with Crippen LogP contribution in [0.1, 0.15) is 113 Å². The van der Waals surface area contributed by atoms with Gasteiger partial charge in [-0.15, -0.1) is 11.3 Å². The molecule has 6 rings (SSSR count). The van der Waals surface area contributed by atoms with Crippen LogP contribution in [0, 0.1) is 23.2 Å². The highest BCUT2D eigenvalue weighted by atomic mass is 32.1. The van der Waals surface area contributed by atoms with E-state index in [4.69, 9.17) is 4.74 Å². The van der Waals surface area contributed by atoms with Crippen LogP contribution in [-0.4, -0.2) is 80.6 Å². The normalized spacial score (nSPS) is 18.1. The summed E-state index contributed by atoms with van der Waals surface area (Å²) in [6, 6.07) is 11.4. The molecule has 4 heterocycles. The maximum atomic E-state index is 14.0. The van der Waals surface area contributed by atoms with Gasteiger partial charge in [-0.05, 0) is 85.8 Å². The summed E-state index contributed by atoms with van der Waals surface area (Å²) < 4.78 is 5.84. The summed E-state index contributed by atoms with van der Waals surface area (Å²) in [5, 5.41) is 11.6. The van der Waals surface area contributed by atoms with Gasteiger partial charge in [-0.1, -0.05) is 54.5 Å². The molecular formula is C45H56N8O6S. The van der Waals surface area contributed by atoms with E-state index in [1.54, 1.807) is 64.3 Å². The number of likely N-dealkylation sites (tertiary alicyclic amines) is 1. The molecule has 1 aliphatic carbocycles. The number of carbonyl (C=O) groups is 5. The van der Waals surface area contributed by atoms with E-state index in [9.17, 15) is 24.0 Å². The van der Waals surface area contributed by atoms with Gasteiger partial charge in [0.2, 0.25) is 23.6 Å². The van der Waals surface area contributed by atoms with Crippen molar-refractivity contribution in [2.45, 2.75) is 106 Å². The van der Waals surface area contributed by atoms with E-state index in [1.807, 2.05) is 46.8 Å². The maximum absolute atomic E-state index is 14.0. The molecule has 0 bridgehead atoms. The molecule has 0 radical (unpaired) electrons. The molecule has 1 saturated carbocycles. The van der Waals surface area contributed by atoms with Gasteiger partial charge in [0.15, 0.2) is 0 Å². The molecule has 3 atom stereocenters. The predicted octanol–water partition coefficient (Wildman–Crippen LogP) is 6.38. The molecule has 0 spiro atoms. The van der Waals surface area contributed by atoms with Crippen molar-refractivity contribution in [2.24, 2.45) is 16.2 Å². The summed E-state index contributed by atoms with van der Waals surface area (Å²) >= 11 is 1.54. The Morgan fingerprint density at radius 1 is 0.883 bits per heavy atom. The smallest absolute Gasteiger partial charge is 0.253 e. The van der Waals surface area contributed by atoms with Gasteiger partial charge in [0.25, 0.3) is 11.8 Å². The van der Waals surface area contributed by atoms with Gasteiger partial charge in [0.05, 0.1) is 39.9 Å². The summed E-state index contributed by atoms with van der Waals surface area (Å²) in [6.07, 6.45) is 5.41. The van der Waals surface area contributed by atoms with Crippen LogP contribution in [-0.2, 0) is 14.4 Å². The number of ether oxygens (including phenoxy) is 1. The third-order valence-corrected chi connectivity index (χ3v) is 12.3. The van der Waals surface area contributed by atoms with Gasteiger partial charge in [-0.2, -0.15) is 0 Å². The van der Waals surface area contributed by atoms with Crippen molar-refractivity contribution < 1.29 is 28.7 Å². The number of pyridine rings is 2. The fourth-order valence-electron chi connectivity index (χ4n) is 8.63. The lowest BCUT2D eigenvalue weighted by Gasteiger charge is -2.57. The lowest BCUT2D eigenvalue weighted by Crippen LogP contribution is -2.63. The van der Waals surface area contributed by atoms with Crippen molar-refractivity contribution in [2.75, 3.05) is 13.1 Å². The number of hydrogen-bond donors (Lipinski definition) is 4. The van der Waals surface area contributed by atoms with Gasteiger partial charge in [-0.25, -0.2) is 9.97 Å². The zero-order chi connectivity index (χ0) is 43.6. The fourth-order valence-corrected chi connectivity index (χ4v) is 9.43. The molecule has 1 aliphatic heterocycles. The first-order chi connectivity index (χ1) is 28.2. The van der Waals surface area contributed by atoms with Gasteiger partial charge in [0, 0.05) is 42.2 Å². The van der Waals surface area contributed by atoms with Gasteiger partial charge in [-0.3, -0.25) is 29.0 Å². The number of thiazole rings is 1. The van der Waals surface area contributed by atoms with Crippen molar-refractivity contribution in [3.05, 3.63) is 88.9 Å². The SMILES string of the molecule is Cc1ncsc1-c1ccc([C@H](C)NC(=O)[C@@H]2CCCN2C(=O)C(NC(=O)CNC(=O)c2ccc(Oc3ccc(C(=O)NC4C(C)(C)CC4(C)C)cn3)cc2)C(C)(C)C)nc1. The minimum atomic E-state index is -0.951. The lowest BCUT2D eigenvalue weighted by molar-refractivity contribution is -0.143. The third-order valence-electron chi connectivity index (χ3n) is 11.3. The van der Waals surface area contributed by atoms with Gasteiger partial charge < -0.3 is 30.9 Å². The molecule has 60 heavy (non-hydrogen) atoms. The van der Waals surface area contributed by atoms with Gasteiger partial charge in [0.1, 0.15) is 17.8 Å². The Bertz CT molecular complexity index is 2200. The van der Waals surface area contributed by atoms with Crippen LogP contribution in [0.2, 0.25) is 0 Å². The molecule has 5 amide bonds. The standard InChI is InChI=1S/C45H56N8O6S/c1-26(32-18-14-29(21-46-32)36-27(2)49-25-60-36)50-40(57)33-11-10-20-53(33)41(58)37(43(3,4)5)51-34(54)23-48-38(55)28-12-16-31(17-13-28)59-35-19-15-30(22-47-35)39(56)52-42-44(6,7)24-45(42,8)9/h12-19,21-22,25-26,33,37,42H,10-11,20,23-24H2,1-9H3,(H,48,55)(H,50,57)(H,51,54)(H,52,56)/t26-,33-,37?/m0/s1. The van der Waals surface area contributed by atoms with Crippen molar-refractivity contribution in [3.63, 3.8) is 0 Å². The number of benzene rings is 1. The number of amides is 5. The number of rotatable bonds is 13. The van der Waals surface area contributed by atoms with Crippen LogP contribution in [0.5, 0.6) is 11.6 Å². The molecule has 4 N–H and O–H groups in total. The second kappa shape index (κ2) is 17.5. The van der Waals surface area contributed by atoms with Crippen LogP contribution in [0.25, 0.3) is 10.4 Å². The molecule has 318 valence electrons. The highest BCUT2D eigenvalue weighted by Gasteiger charge is 2.53. The predicted molar refractivity (Wildman–Crippen MR) is 229 cm³/mol.